The summed E-state index contributed by atoms with van der Waals surface area (Å²) in [7, 11) is 0. The van der Waals surface area contributed by atoms with Gasteiger partial charge in [0.25, 0.3) is 0 Å². The Kier molecular flexibility index (Phi) is 14.2. The maximum atomic E-state index is 14.0. The summed E-state index contributed by atoms with van der Waals surface area (Å²) in [4.78, 5) is 76.3. The third kappa shape index (κ3) is 11.3. The van der Waals surface area contributed by atoms with Crippen molar-refractivity contribution >= 4 is 35.5 Å². The van der Waals surface area contributed by atoms with E-state index >= 15 is 0 Å². The van der Waals surface area contributed by atoms with Crippen molar-refractivity contribution in [3.05, 3.63) is 89.7 Å². The van der Waals surface area contributed by atoms with Crippen LogP contribution in [-0.2, 0) is 43.2 Å². The number of nitrogens with one attached hydrogen (secondary N) is 3. The summed E-state index contributed by atoms with van der Waals surface area (Å²) >= 11 is 0. The van der Waals surface area contributed by atoms with Gasteiger partial charge >= 0.3 is 5.97 Å². The highest BCUT2D eigenvalue weighted by Gasteiger charge is 2.40. The van der Waals surface area contributed by atoms with Gasteiger partial charge in [0, 0.05) is 38.3 Å². The first-order valence-corrected chi connectivity index (χ1v) is 17.5. The van der Waals surface area contributed by atoms with E-state index in [0.29, 0.717) is 12.0 Å². The molecule has 2 heterocycles. The highest BCUT2D eigenvalue weighted by molar-refractivity contribution is 5.95. The van der Waals surface area contributed by atoms with Crippen LogP contribution in [0.25, 0.3) is 0 Å². The van der Waals surface area contributed by atoms with Gasteiger partial charge in [-0.1, -0.05) is 80.4 Å². The molecule has 0 saturated carbocycles. The standard InChI is InChI=1S/C37H49N9O6/c1-2-3-14-28(43-33(49)29(20-25-12-8-5-9-13-25)44-31(47)27(38)19-24-10-6-4-7-11-24)32(48)45-30(21-26-22-41-36(39)42-23-26)34(50)46-17-15-37(40,16-18-46)35(51)52/h4-13,22-23,27-30H,2-3,14-21,38,40H2,1H3,(H,43,49)(H,44,47)(H,45,48)(H,51,52)(H2,39,41,42)/t27-,28-,29-,30-/m1/s1. The van der Waals surface area contributed by atoms with Crippen LogP contribution in [0.5, 0.6) is 0 Å². The highest BCUT2D eigenvalue weighted by atomic mass is 16.4. The van der Waals surface area contributed by atoms with Gasteiger partial charge in [0.05, 0.1) is 6.04 Å². The topological polar surface area (TPSA) is 249 Å². The highest BCUT2D eigenvalue weighted by Crippen LogP contribution is 2.21. The number of hydrogen-bond acceptors (Lipinski definition) is 10. The molecular formula is C37H49N9O6. The maximum Gasteiger partial charge on any atom is 0.323 e. The minimum Gasteiger partial charge on any atom is -0.480 e. The molecule has 10 N–H and O–H groups in total. The fraction of sp³-hybridized carbons (Fsp3) is 0.432. The lowest BCUT2D eigenvalue weighted by Gasteiger charge is -2.38. The number of likely N-dealkylation sites (tertiary alicyclic amines) is 1. The van der Waals surface area contributed by atoms with E-state index in [4.69, 9.17) is 17.2 Å². The molecule has 3 aromatic rings. The first-order chi connectivity index (χ1) is 24.9. The molecular weight excluding hydrogens is 666 g/mol. The van der Waals surface area contributed by atoms with Crippen LogP contribution < -0.4 is 33.2 Å². The van der Waals surface area contributed by atoms with Crippen LogP contribution in [0.3, 0.4) is 0 Å². The number of carbonyl (C=O) groups excluding carboxylic acids is 4. The molecule has 4 rings (SSSR count). The molecule has 4 atom stereocenters. The van der Waals surface area contributed by atoms with Gasteiger partial charge in [0.2, 0.25) is 29.6 Å². The SMILES string of the molecule is CCCC[C@@H](NC(=O)[C@@H](Cc1ccccc1)NC(=O)[C@H](N)Cc1ccccc1)C(=O)N[C@H](Cc1cnc(N)nc1)C(=O)N1CCC(N)(C(=O)O)CC1. The number of piperidine rings is 1. The number of hydrogen-bond donors (Lipinski definition) is 7. The number of amides is 4. The molecule has 1 saturated heterocycles. The molecule has 15 nitrogen and oxygen atoms in total. The number of carboxylic acids is 1. The molecule has 2 aromatic carbocycles. The van der Waals surface area contributed by atoms with Crippen molar-refractivity contribution in [1.82, 2.24) is 30.8 Å². The molecule has 1 aliphatic rings. The van der Waals surface area contributed by atoms with Gasteiger partial charge in [-0.05, 0) is 42.4 Å². The Morgan fingerprint density at radius 1 is 0.769 bits per heavy atom. The van der Waals surface area contributed by atoms with E-state index in [1.165, 1.54) is 17.3 Å². The summed E-state index contributed by atoms with van der Waals surface area (Å²) in [6.45, 7) is 2.10. The Balaban J connectivity index is 1.52. The second-order valence-corrected chi connectivity index (χ2v) is 13.3. The first kappa shape index (κ1) is 39.4. The predicted octanol–water partition coefficient (Wildman–Crippen LogP) is 0.463. The Morgan fingerprint density at radius 2 is 1.27 bits per heavy atom. The average molecular weight is 716 g/mol. The van der Waals surface area contributed by atoms with Gasteiger partial charge in [-0.15, -0.1) is 0 Å². The summed E-state index contributed by atoms with van der Waals surface area (Å²) in [5.74, 6) is -3.24. The molecule has 0 aliphatic carbocycles. The van der Waals surface area contributed by atoms with E-state index < -0.39 is 59.3 Å². The van der Waals surface area contributed by atoms with E-state index in [9.17, 15) is 29.1 Å². The number of carbonyl (C=O) groups is 5. The fourth-order valence-electron chi connectivity index (χ4n) is 5.99. The predicted molar refractivity (Wildman–Crippen MR) is 194 cm³/mol. The molecule has 0 unspecified atom stereocenters. The lowest BCUT2D eigenvalue weighted by Crippen LogP contribution is -2.61. The zero-order chi connectivity index (χ0) is 37.7. The zero-order valence-corrected chi connectivity index (χ0v) is 29.4. The van der Waals surface area contributed by atoms with Crippen molar-refractivity contribution in [2.45, 2.75) is 88.0 Å². The number of nitrogen functional groups attached to an aromatic ring is 1. The Labute approximate surface area is 303 Å². The number of nitrogens with zero attached hydrogens (tertiary/aromatic N) is 3. The first-order valence-electron chi connectivity index (χ1n) is 17.5. The maximum absolute atomic E-state index is 14.0. The van der Waals surface area contributed by atoms with Crippen molar-refractivity contribution in [2.75, 3.05) is 18.8 Å². The normalized spacial score (nSPS) is 16.1. The van der Waals surface area contributed by atoms with Crippen LogP contribution in [-0.4, -0.2) is 92.4 Å². The Bertz CT molecular complexity index is 1650. The van der Waals surface area contributed by atoms with Gasteiger partial charge < -0.3 is 43.2 Å². The molecule has 15 heteroatoms. The second-order valence-electron chi connectivity index (χ2n) is 13.3. The minimum atomic E-state index is -1.45. The number of benzene rings is 2. The minimum absolute atomic E-state index is 0.00842. The van der Waals surface area contributed by atoms with E-state index in [1.54, 1.807) is 0 Å². The molecule has 278 valence electrons. The summed E-state index contributed by atoms with van der Waals surface area (Å²) < 4.78 is 0. The summed E-state index contributed by atoms with van der Waals surface area (Å²) in [5, 5.41) is 18.0. The number of rotatable bonds is 17. The summed E-state index contributed by atoms with van der Waals surface area (Å²) in [6, 6.07) is 14.3. The van der Waals surface area contributed by atoms with Gasteiger partial charge in [-0.3, -0.25) is 24.0 Å². The largest absolute Gasteiger partial charge is 0.480 e. The van der Waals surface area contributed by atoms with Gasteiger partial charge in [-0.25, -0.2) is 9.97 Å². The Hall–Kier alpha value is -5.41. The number of nitrogens with two attached hydrogens (primary N) is 3. The smallest absolute Gasteiger partial charge is 0.323 e. The van der Waals surface area contributed by atoms with Gasteiger partial charge in [0.15, 0.2) is 0 Å². The Morgan fingerprint density at radius 3 is 1.83 bits per heavy atom. The molecule has 1 aliphatic heterocycles. The monoisotopic (exact) mass is 715 g/mol. The zero-order valence-electron chi connectivity index (χ0n) is 29.4. The number of aliphatic carboxylic acids is 1. The number of anilines is 1. The van der Waals surface area contributed by atoms with E-state index in [-0.39, 0.29) is 57.6 Å². The van der Waals surface area contributed by atoms with Crippen molar-refractivity contribution in [3.63, 3.8) is 0 Å². The lowest BCUT2D eigenvalue weighted by molar-refractivity contribution is -0.148. The molecule has 0 spiro atoms. The van der Waals surface area contributed by atoms with Crippen LogP contribution in [0.2, 0.25) is 0 Å². The molecule has 52 heavy (non-hydrogen) atoms. The van der Waals surface area contributed by atoms with Crippen LogP contribution >= 0.6 is 0 Å². The second kappa shape index (κ2) is 18.7. The average Bonchev–Trinajstić information content (AvgIpc) is 3.14. The number of carboxylic acid groups (broad SMARTS) is 1. The van der Waals surface area contributed by atoms with Crippen LogP contribution in [0.4, 0.5) is 5.95 Å². The molecule has 1 fully saturated rings. The number of aromatic nitrogens is 2. The molecule has 0 radical (unpaired) electrons. The van der Waals surface area contributed by atoms with E-state index in [1.807, 2.05) is 67.6 Å². The fourth-order valence-corrected chi connectivity index (χ4v) is 5.99. The third-order valence-corrected chi connectivity index (χ3v) is 9.20. The number of unbranched alkanes of at least 4 members (excludes halogenated alkanes) is 1. The molecule has 0 bridgehead atoms. The van der Waals surface area contributed by atoms with Gasteiger partial charge in [0.1, 0.15) is 23.7 Å². The van der Waals surface area contributed by atoms with Crippen LogP contribution in [0.15, 0.2) is 73.1 Å². The quantitative estimate of drug-likeness (QED) is 0.101. The van der Waals surface area contributed by atoms with Crippen molar-refractivity contribution in [1.29, 1.82) is 0 Å². The van der Waals surface area contributed by atoms with Crippen molar-refractivity contribution in [3.8, 4) is 0 Å². The van der Waals surface area contributed by atoms with Crippen LogP contribution in [0, 0.1) is 0 Å². The summed E-state index contributed by atoms with van der Waals surface area (Å²) in [5.41, 5.74) is 18.7. The van der Waals surface area contributed by atoms with E-state index in [0.717, 1.165) is 17.5 Å². The van der Waals surface area contributed by atoms with E-state index in [2.05, 4.69) is 25.9 Å². The van der Waals surface area contributed by atoms with Gasteiger partial charge in [-0.2, -0.15) is 0 Å². The summed E-state index contributed by atoms with van der Waals surface area (Å²) in [6.07, 6.45) is 4.98. The third-order valence-electron chi connectivity index (χ3n) is 9.20. The molecule has 4 amide bonds. The lowest BCUT2D eigenvalue weighted by atomic mass is 9.88. The van der Waals surface area contributed by atoms with Crippen LogP contribution in [0.1, 0.15) is 55.7 Å². The van der Waals surface area contributed by atoms with Crippen molar-refractivity contribution in [2.24, 2.45) is 11.5 Å². The molecule has 1 aromatic heterocycles. The van der Waals surface area contributed by atoms with Crippen molar-refractivity contribution < 1.29 is 29.1 Å².